The van der Waals surface area contributed by atoms with Crippen LogP contribution in [0.1, 0.15) is 17.3 Å². The van der Waals surface area contributed by atoms with Gasteiger partial charge in [-0.15, -0.1) is 10.2 Å². The van der Waals surface area contributed by atoms with Crippen LogP contribution in [0, 0.1) is 6.92 Å². The third-order valence-corrected chi connectivity index (χ3v) is 4.79. The van der Waals surface area contributed by atoms with E-state index in [1.165, 1.54) is 0 Å². The third kappa shape index (κ3) is 6.28. The topological polar surface area (TPSA) is 92.5 Å². The van der Waals surface area contributed by atoms with E-state index in [2.05, 4.69) is 35.7 Å². The Morgan fingerprint density at radius 2 is 2.00 bits per heavy atom. The first kappa shape index (κ1) is 20.2. The molecule has 1 saturated heterocycles. The lowest BCUT2D eigenvalue weighted by Crippen LogP contribution is -2.44. The van der Waals surface area contributed by atoms with Crippen LogP contribution in [0.25, 0.3) is 0 Å². The van der Waals surface area contributed by atoms with Crippen LogP contribution in [0.15, 0.2) is 29.4 Å². The molecule has 0 spiro atoms. The summed E-state index contributed by atoms with van der Waals surface area (Å²) in [6, 6.07) is 5.97. The van der Waals surface area contributed by atoms with E-state index in [-0.39, 0.29) is 0 Å². The average Bonchev–Trinajstić information content (AvgIpc) is 3.05. The molecular weight excluding hydrogens is 356 g/mol. The van der Waals surface area contributed by atoms with E-state index in [4.69, 9.17) is 4.74 Å². The maximum absolute atomic E-state index is 5.40. The molecule has 0 aliphatic carbocycles. The van der Waals surface area contributed by atoms with Crippen LogP contribution in [0.2, 0.25) is 0 Å². The molecular formula is C19H30N8O. The molecule has 0 aromatic carbocycles. The molecule has 2 N–H and O–H groups in total. The zero-order valence-corrected chi connectivity index (χ0v) is 16.8. The second-order valence-electron chi connectivity index (χ2n) is 6.77. The molecule has 2 aromatic rings. The molecule has 28 heavy (non-hydrogen) atoms. The van der Waals surface area contributed by atoms with E-state index in [1.807, 2.05) is 42.9 Å². The van der Waals surface area contributed by atoms with E-state index in [9.17, 15) is 0 Å². The van der Waals surface area contributed by atoms with Crippen molar-refractivity contribution in [1.82, 2.24) is 35.3 Å². The quantitative estimate of drug-likeness (QED) is 0.492. The Kier molecular flexibility index (Phi) is 7.74. The van der Waals surface area contributed by atoms with Gasteiger partial charge in [-0.1, -0.05) is 6.07 Å². The molecule has 0 bridgehead atoms. The molecule has 1 aliphatic rings. The summed E-state index contributed by atoms with van der Waals surface area (Å²) in [6.07, 6.45) is 2.66. The van der Waals surface area contributed by atoms with Gasteiger partial charge in [0.15, 0.2) is 11.8 Å². The average molecular weight is 387 g/mol. The lowest BCUT2D eigenvalue weighted by atomic mass is 10.3. The number of rotatable bonds is 8. The number of guanidine groups is 1. The number of aliphatic imine (C=N–C) groups is 1. The van der Waals surface area contributed by atoms with Crippen molar-refractivity contribution in [1.29, 1.82) is 0 Å². The fourth-order valence-corrected chi connectivity index (χ4v) is 2.92. The minimum atomic E-state index is 0.480. The van der Waals surface area contributed by atoms with Gasteiger partial charge in [0.05, 0.1) is 13.2 Å². The van der Waals surface area contributed by atoms with Gasteiger partial charge in [-0.25, -0.2) is 4.99 Å². The van der Waals surface area contributed by atoms with Gasteiger partial charge in [-0.3, -0.25) is 9.88 Å². The van der Waals surface area contributed by atoms with Crippen LogP contribution in [0.3, 0.4) is 0 Å². The predicted molar refractivity (Wildman–Crippen MR) is 108 cm³/mol. The maximum atomic E-state index is 5.40. The minimum Gasteiger partial charge on any atom is -0.379 e. The molecule has 9 nitrogen and oxygen atoms in total. The van der Waals surface area contributed by atoms with Gasteiger partial charge in [0.2, 0.25) is 0 Å². The summed E-state index contributed by atoms with van der Waals surface area (Å²) in [7, 11) is 1.96. The summed E-state index contributed by atoms with van der Waals surface area (Å²) in [4.78, 5) is 11.5. The highest BCUT2D eigenvalue weighted by Crippen LogP contribution is 1.99. The standard InChI is InChI=1S/C19H30N8O/c1-16-24-25-18(26(16)2)15-23-19(21-8-6-17-5-3-4-7-20-17)22-9-10-27-11-13-28-14-12-27/h3-5,7H,6,8-15H2,1-2H3,(H2,21,22,23). The van der Waals surface area contributed by atoms with E-state index < -0.39 is 0 Å². The van der Waals surface area contributed by atoms with Crippen LogP contribution >= 0.6 is 0 Å². The molecule has 1 fully saturated rings. The number of aromatic nitrogens is 4. The van der Waals surface area contributed by atoms with Crippen molar-refractivity contribution in [2.75, 3.05) is 45.9 Å². The van der Waals surface area contributed by atoms with Crippen LogP contribution in [0.5, 0.6) is 0 Å². The molecule has 3 heterocycles. The van der Waals surface area contributed by atoms with Crippen molar-refractivity contribution >= 4 is 5.96 Å². The number of pyridine rings is 1. The summed E-state index contributed by atoms with van der Waals surface area (Å²) >= 11 is 0. The maximum Gasteiger partial charge on any atom is 0.191 e. The fourth-order valence-electron chi connectivity index (χ4n) is 2.92. The van der Waals surface area contributed by atoms with Crippen molar-refractivity contribution in [2.24, 2.45) is 12.0 Å². The Balaban J connectivity index is 1.52. The van der Waals surface area contributed by atoms with Gasteiger partial charge in [-0.2, -0.15) is 0 Å². The van der Waals surface area contributed by atoms with Crippen LogP contribution in [-0.2, 0) is 24.8 Å². The molecule has 152 valence electrons. The van der Waals surface area contributed by atoms with E-state index in [0.29, 0.717) is 6.54 Å². The zero-order chi connectivity index (χ0) is 19.6. The van der Waals surface area contributed by atoms with Gasteiger partial charge in [-0.05, 0) is 19.1 Å². The van der Waals surface area contributed by atoms with Crippen molar-refractivity contribution in [3.63, 3.8) is 0 Å². The molecule has 3 rings (SSSR count). The number of nitrogens with zero attached hydrogens (tertiary/aromatic N) is 6. The van der Waals surface area contributed by atoms with Gasteiger partial charge < -0.3 is 19.9 Å². The van der Waals surface area contributed by atoms with Gasteiger partial charge in [0, 0.05) is 58.1 Å². The van der Waals surface area contributed by atoms with Crippen molar-refractivity contribution in [2.45, 2.75) is 19.9 Å². The number of nitrogens with one attached hydrogen (secondary N) is 2. The third-order valence-electron chi connectivity index (χ3n) is 4.79. The SMILES string of the molecule is Cc1nnc(CN=C(NCCc2ccccn2)NCCN2CCOCC2)n1C. The van der Waals surface area contributed by atoms with Gasteiger partial charge >= 0.3 is 0 Å². The predicted octanol–water partition coefficient (Wildman–Crippen LogP) is 0.129. The van der Waals surface area contributed by atoms with E-state index >= 15 is 0 Å². The Morgan fingerprint density at radius 3 is 2.71 bits per heavy atom. The van der Waals surface area contributed by atoms with E-state index in [1.54, 1.807) is 0 Å². The largest absolute Gasteiger partial charge is 0.379 e. The number of aryl methyl sites for hydroxylation is 1. The fraction of sp³-hybridized carbons (Fsp3) is 0.579. The number of hydrogen-bond acceptors (Lipinski definition) is 6. The number of ether oxygens (including phenoxy) is 1. The summed E-state index contributed by atoms with van der Waals surface area (Å²) in [6.45, 7) is 8.57. The van der Waals surface area contributed by atoms with E-state index in [0.717, 1.165) is 75.7 Å². The van der Waals surface area contributed by atoms with Crippen LogP contribution in [-0.4, -0.2) is 76.5 Å². The summed E-state index contributed by atoms with van der Waals surface area (Å²) < 4.78 is 7.36. The number of hydrogen-bond donors (Lipinski definition) is 2. The smallest absolute Gasteiger partial charge is 0.191 e. The highest BCUT2D eigenvalue weighted by Gasteiger charge is 2.10. The first-order chi connectivity index (χ1) is 13.7. The summed E-state index contributed by atoms with van der Waals surface area (Å²) in [5.41, 5.74) is 1.06. The van der Waals surface area contributed by atoms with Gasteiger partial charge in [0.25, 0.3) is 0 Å². The molecule has 0 atom stereocenters. The Bertz CT molecular complexity index is 740. The summed E-state index contributed by atoms with van der Waals surface area (Å²) in [5, 5.41) is 15.1. The lowest BCUT2D eigenvalue weighted by molar-refractivity contribution is 0.0389. The van der Waals surface area contributed by atoms with Crippen molar-refractivity contribution in [3.8, 4) is 0 Å². The summed E-state index contributed by atoms with van der Waals surface area (Å²) in [5.74, 6) is 2.51. The van der Waals surface area contributed by atoms with Crippen molar-refractivity contribution in [3.05, 3.63) is 41.7 Å². The lowest BCUT2D eigenvalue weighted by Gasteiger charge is -2.26. The zero-order valence-electron chi connectivity index (χ0n) is 16.8. The number of morpholine rings is 1. The minimum absolute atomic E-state index is 0.480. The first-order valence-electron chi connectivity index (χ1n) is 9.79. The second-order valence-corrected chi connectivity index (χ2v) is 6.77. The molecule has 9 heteroatoms. The normalized spacial score (nSPS) is 15.6. The molecule has 1 aliphatic heterocycles. The molecule has 0 amide bonds. The monoisotopic (exact) mass is 386 g/mol. The Hall–Kier alpha value is -2.52. The molecule has 0 radical (unpaired) electrons. The Labute approximate surface area is 166 Å². The second kappa shape index (κ2) is 10.7. The highest BCUT2D eigenvalue weighted by atomic mass is 16.5. The molecule has 0 unspecified atom stereocenters. The highest BCUT2D eigenvalue weighted by molar-refractivity contribution is 5.79. The van der Waals surface area contributed by atoms with Crippen LogP contribution in [0.4, 0.5) is 0 Å². The Morgan fingerprint density at radius 1 is 1.18 bits per heavy atom. The molecule has 0 saturated carbocycles. The van der Waals surface area contributed by atoms with Gasteiger partial charge in [0.1, 0.15) is 12.4 Å². The molecule has 2 aromatic heterocycles. The van der Waals surface area contributed by atoms with Crippen molar-refractivity contribution < 1.29 is 4.74 Å². The van der Waals surface area contributed by atoms with Crippen LogP contribution < -0.4 is 10.6 Å². The first-order valence-corrected chi connectivity index (χ1v) is 9.79.